The van der Waals surface area contributed by atoms with E-state index in [1.54, 1.807) is 12.3 Å². The van der Waals surface area contributed by atoms with Gasteiger partial charge in [-0.1, -0.05) is 11.6 Å². The minimum absolute atomic E-state index is 0.0485. The lowest BCUT2D eigenvalue weighted by atomic mass is 10.2. The zero-order valence-electron chi connectivity index (χ0n) is 8.75. The Balaban J connectivity index is 2.05. The van der Waals surface area contributed by atoms with E-state index in [9.17, 15) is 8.78 Å². The molecule has 0 saturated heterocycles. The number of hydrogen-bond acceptors (Lipinski definition) is 2. The lowest BCUT2D eigenvalue weighted by molar-refractivity contribution is 0.619. The average molecular weight is 255 g/mol. The van der Waals surface area contributed by atoms with E-state index < -0.39 is 5.82 Å². The van der Waals surface area contributed by atoms with Crippen LogP contribution in [-0.2, 0) is 6.54 Å². The molecule has 0 aliphatic carbocycles. The molecule has 2 aromatic rings. The minimum Gasteiger partial charge on any atom is -0.381 e. The molecule has 0 atom stereocenters. The lowest BCUT2D eigenvalue weighted by Crippen LogP contribution is -2.00. The van der Waals surface area contributed by atoms with Crippen molar-refractivity contribution in [3.05, 3.63) is 58.9 Å². The minimum atomic E-state index is -0.468. The molecule has 0 aliphatic heterocycles. The SMILES string of the molecule is Fc1cncc(CNc2ccc(F)c(Cl)c2)c1. The van der Waals surface area contributed by atoms with Gasteiger partial charge in [0.2, 0.25) is 0 Å². The fourth-order valence-corrected chi connectivity index (χ4v) is 1.54. The summed E-state index contributed by atoms with van der Waals surface area (Å²) >= 11 is 5.63. The molecule has 2 nitrogen and oxygen atoms in total. The fraction of sp³-hybridized carbons (Fsp3) is 0.0833. The van der Waals surface area contributed by atoms with Crippen molar-refractivity contribution in [3.8, 4) is 0 Å². The van der Waals surface area contributed by atoms with Crippen molar-refractivity contribution in [2.45, 2.75) is 6.54 Å². The van der Waals surface area contributed by atoms with Crippen molar-refractivity contribution < 1.29 is 8.78 Å². The van der Waals surface area contributed by atoms with Gasteiger partial charge >= 0.3 is 0 Å². The number of halogens is 3. The van der Waals surface area contributed by atoms with E-state index in [4.69, 9.17) is 11.6 Å². The molecule has 0 amide bonds. The van der Waals surface area contributed by atoms with Crippen LogP contribution < -0.4 is 5.32 Å². The molecule has 1 aromatic carbocycles. The van der Waals surface area contributed by atoms with Gasteiger partial charge in [-0.2, -0.15) is 0 Å². The number of nitrogens with zero attached hydrogens (tertiary/aromatic N) is 1. The lowest BCUT2D eigenvalue weighted by Gasteiger charge is -2.06. The molecule has 0 saturated carbocycles. The van der Waals surface area contributed by atoms with Gasteiger partial charge in [-0.15, -0.1) is 0 Å². The zero-order chi connectivity index (χ0) is 12.3. The van der Waals surface area contributed by atoms with Gasteiger partial charge in [0.1, 0.15) is 11.6 Å². The van der Waals surface area contributed by atoms with Crippen LogP contribution in [0.3, 0.4) is 0 Å². The number of hydrogen-bond donors (Lipinski definition) is 1. The Morgan fingerprint density at radius 3 is 2.71 bits per heavy atom. The van der Waals surface area contributed by atoms with Gasteiger partial charge in [-0.05, 0) is 29.8 Å². The van der Waals surface area contributed by atoms with Crippen LogP contribution >= 0.6 is 11.6 Å². The summed E-state index contributed by atoms with van der Waals surface area (Å²) in [7, 11) is 0. The van der Waals surface area contributed by atoms with Gasteiger partial charge in [0.15, 0.2) is 0 Å². The molecule has 1 heterocycles. The summed E-state index contributed by atoms with van der Waals surface area (Å²) in [5, 5.41) is 3.05. The first-order chi connectivity index (χ1) is 8.15. The summed E-state index contributed by atoms with van der Waals surface area (Å²) in [6, 6.07) is 5.69. The van der Waals surface area contributed by atoms with Gasteiger partial charge in [0.25, 0.3) is 0 Å². The average Bonchev–Trinajstić information content (AvgIpc) is 2.31. The Morgan fingerprint density at radius 1 is 1.18 bits per heavy atom. The third-order valence-electron chi connectivity index (χ3n) is 2.18. The van der Waals surface area contributed by atoms with Crippen molar-refractivity contribution >= 4 is 17.3 Å². The molecular formula is C12H9ClF2N2. The van der Waals surface area contributed by atoms with E-state index in [1.165, 1.54) is 18.2 Å². The largest absolute Gasteiger partial charge is 0.381 e. The van der Waals surface area contributed by atoms with E-state index in [0.29, 0.717) is 17.8 Å². The van der Waals surface area contributed by atoms with E-state index in [0.717, 1.165) is 6.20 Å². The maximum atomic E-state index is 12.9. The summed E-state index contributed by atoms with van der Waals surface area (Å²) in [5.41, 5.74) is 1.37. The number of aromatic nitrogens is 1. The first-order valence-electron chi connectivity index (χ1n) is 4.93. The summed E-state index contributed by atoms with van der Waals surface area (Å²) in [5.74, 6) is -0.855. The third-order valence-corrected chi connectivity index (χ3v) is 2.47. The summed E-state index contributed by atoms with van der Waals surface area (Å²) < 4.78 is 25.7. The van der Waals surface area contributed by atoms with Gasteiger partial charge in [-0.3, -0.25) is 4.98 Å². The number of nitrogens with one attached hydrogen (secondary N) is 1. The molecular weight excluding hydrogens is 246 g/mol. The second-order valence-electron chi connectivity index (χ2n) is 3.49. The number of benzene rings is 1. The van der Waals surface area contributed by atoms with Gasteiger partial charge in [-0.25, -0.2) is 8.78 Å². The molecule has 2 rings (SSSR count). The predicted octanol–water partition coefficient (Wildman–Crippen LogP) is 3.63. The zero-order valence-corrected chi connectivity index (χ0v) is 9.51. The molecule has 0 bridgehead atoms. The predicted molar refractivity (Wildman–Crippen MR) is 62.9 cm³/mol. The van der Waals surface area contributed by atoms with Crippen LogP contribution in [0.1, 0.15) is 5.56 Å². The van der Waals surface area contributed by atoms with Crippen molar-refractivity contribution in [3.63, 3.8) is 0 Å². The highest BCUT2D eigenvalue weighted by Crippen LogP contribution is 2.19. The molecule has 1 N–H and O–H groups in total. The van der Waals surface area contributed by atoms with Gasteiger partial charge in [0.05, 0.1) is 11.2 Å². The standard InChI is InChI=1S/C12H9ClF2N2/c13-11-4-10(1-2-12(11)15)17-6-8-3-9(14)7-16-5-8/h1-5,7,17H,6H2. The molecule has 88 valence electrons. The van der Waals surface area contributed by atoms with Crippen LogP contribution in [0.4, 0.5) is 14.5 Å². The Kier molecular flexibility index (Phi) is 3.54. The van der Waals surface area contributed by atoms with Gasteiger partial charge in [0, 0.05) is 18.4 Å². The second kappa shape index (κ2) is 5.10. The summed E-state index contributed by atoms with van der Waals surface area (Å²) in [6.07, 6.45) is 2.69. The summed E-state index contributed by atoms with van der Waals surface area (Å²) in [4.78, 5) is 3.73. The molecule has 0 spiro atoms. The number of anilines is 1. The van der Waals surface area contributed by atoms with Crippen molar-refractivity contribution in [1.29, 1.82) is 0 Å². The quantitative estimate of drug-likeness (QED) is 0.905. The molecule has 0 radical (unpaired) electrons. The topological polar surface area (TPSA) is 24.9 Å². The highest BCUT2D eigenvalue weighted by Gasteiger charge is 2.01. The number of rotatable bonds is 3. The van der Waals surface area contributed by atoms with Crippen LogP contribution in [0.15, 0.2) is 36.7 Å². The van der Waals surface area contributed by atoms with Crippen LogP contribution in [0, 0.1) is 11.6 Å². The van der Waals surface area contributed by atoms with E-state index >= 15 is 0 Å². The Bertz CT molecular complexity index is 532. The normalized spacial score (nSPS) is 10.3. The highest BCUT2D eigenvalue weighted by molar-refractivity contribution is 6.31. The molecule has 0 fully saturated rings. The maximum absolute atomic E-state index is 12.9. The van der Waals surface area contributed by atoms with Crippen LogP contribution in [0.2, 0.25) is 5.02 Å². The molecule has 1 aromatic heterocycles. The fourth-order valence-electron chi connectivity index (χ4n) is 1.36. The third kappa shape index (κ3) is 3.14. The Hall–Kier alpha value is -1.68. The van der Waals surface area contributed by atoms with E-state index in [-0.39, 0.29) is 10.8 Å². The molecule has 0 unspecified atom stereocenters. The first kappa shape index (κ1) is 11.8. The van der Waals surface area contributed by atoms with Crippen molar-refractivity contribution in [1.82, 2.24) is 4.98 Å². The molecule has 17 heavy (non-hydrogen) atoms. The maximum Gasteiger partial charge on any atom is 0.141 e. The van der Waals surface area contributed by atoms with Crippen LogP contribution in [-0.4, -0.2) is 4.98 Å². The van der Waals surface area contributed by atoms with Crippen molar-refractivity contribution in [2.75, 3.05) is 5.32 Å². The highest BCUT2D eigenvalue weighted by atomic mass is 35.5. The van der Waals surface area contributed by atoms with Gasteiger partial charge < -0.3 is 5.32 Å². The van der Waals surface area contributed by atoms with E-state index in [1.807, 2.05) is 0 Å². The molecule has 5 heteroatoms. The number of pyridine rings is 1. The smallest absolute Gasteiger partial charge is 0.141 e. The van der Waals surface area contributed by atoms with Crippen LogP contribution in [0.25, 0.3) is 0 Å². The van der Waals surface area contributed by atoms with Crippen molar-refractivity contribution in [2.24, 2.45) is 0 Å². The Labute approximate surface area is 102 Å². The van der Waals surface area contributed by atoms with E-state index in [2.05, 4.69) is 10.3 Å². The monoisotopic (exact) mass is 254 g/mol. The second-order valence-corrected chi connectivity index (χ2v) is 3.90. The first-order valence-corrected chi connectivity index (χ1v) is 5.31. The Morgan fingerprint density at radius 2 is 2.00 bits per heavy atom. The molecule has 0 aliphatic rings. The summed E-state index contributed by atoms with van der Waals surface area (Å²) in [6.45, 7) is 0.396. The van der Waals surface area contributed by atoms with Crippen LogP contribution in [0.5, 0.6) is 0 Å².